The number of carbonyl (C=O) groups is 2. The van der Waals surface area contributed by atoms with Gasteiger partial charge in [0.15, 0.2) is 0 Å². The Morgan fingerprint density at radius 1 is 1.26 bits per heavy atom. The van der Waals surface area contributed by atoms with Crippen molar-refractivity contribution in [3.05, 3.63) is 30.1 Å². The SMILES string of the molecule is O=C(CNC(=O)C1CC2CCCCC2N1)Nc1cccc(F)c1. The molecule has 23 heavy (non-hydrogen) atoms. The highest BCUT2D eigenvalue weighted by Gasteiger charge is 2.38. The Hall–Kier alpha value is -1.95. The van der Waals surface area contributed by atoms with E-state index >= 15 is 0 Å². The molecular formula is C17H22FN3O2. The molecule has 0 spiro atoms. The van der Waals surface area contributed by atoms with Gasteiger partial charge in [0.25, 0.3) is 0 Å². The topological polar surface area (TPSA) is 70.2 Å². The standard InChI is InChI=1S/C17H22FN3O2/c18-12-5-3-6-13(9-12)20-16(22)10-19-17(23)15-8-11-4-1-2-7-14(11)21-15/h3,5-6,9,11,14-15,21H,1-2,4,7-8,10H2,(H,19,23)(H,20,22). The summed E-state index contributed by atoms with van der Waals surface area (Å²) in [6.07, 6.45) is 5.63. The van der Waals surface area contributed by atoms with E-state index in [1.54, 1.807) is 6.07 Å². The molecule has 0 bridgehead atoms. The van der Waals surface area contributed by atoms with Crippen molar-refractivity contribution in [3.63, 3.8) is 0 Å². The number of hydrogen-bond donors (Lipinski definition) is 3. The maximum Gasteiger partial charge on any atom is 0.243 e. The van der Waals surface area contributed by atoms with Crippen LogP contribution < -0.4 is 16.0 Å². The van der Waals surface area contributed by atoms with Crippen LogP contribution in [0.3, 0.4) is 0 Å². The van der Waals surface area contributed by atoms with Gasteiger partial charge in [-0.2, -0.15) is 0 Å². The molecule has 6 heteroatoms. The molecule has 1 heterocycles. The predicted octanol–water partition coefficient (Wildman–Crippen LogP) is 1.80. The molecule has 2 aliphatic rings. The van der Waals surface area contributed by atoms with Crippen molar-refractivity contribution < 1.29 is 14.0 Å². The molecule has 1 aliphatic carbocycles. The summed E-state index contributed by atoms with van der Waals surface area (Å²) in [5, 5.41) is 8.61. The highest BCUT2D eigenvalue weighted by molar-refractivity contribution is 5.95. The van der Waals surface area contributed by atoms with Gasteiger partial charge in [0.1, 0.15) is 5.82 Å². The molecule has 3 unspecified atom stereocenters. The van der Waals surface area contributed by atoms with E-state index in [-0.39, 0.29) is 24.4 Å². The summed E-state index contributed by atoms with van der Waals surface area (Å²) in [6, 6.07) is 5.91. The summed E-state index contributed by atoms with van der Waals surface area (Å²) in [6.45, 7) is -0.108. The third kappa shape index (κ3) is 4.07. The van der Waals surface area contributed by atoms with Crippen molar-refractivity contribution in [1.29, 1.82) is 0 Å². The Morgan fingerprint density at radius 3 is 2.87 bits per heavy atom. The van der Waals surface area contributed by atoms with Gasteiger partial charge in [-0.25, -0.2) is 4.39 Å². The molecule has 1 aromatic carbocycles. The van der Waals surface area contributed by atoms with Crippen LogP contribution in [-0.4, -0.2) is 30.4 Å². The number of amides is 2. The molecule has 2 fully saturated rings. The van der Waals surface area contributed by atoms with Gasteiger partial charge in [0.2, 0.25) is 11.8 Å². The van der Waals surface area contributed by atoms with E-state index in [4.69, 9.17) is 0 Å². The smallest absolute Gasteiger partial charge is 0.243 e. The number of nitrogens with one attached hydrogen (secondary N) is 3. The summed E-state index contributed by atoms with van der Waals surface area (Å²) in [4.78, 5) is 24.0. The Morgan fingerprint density at radius 2 is 2.09 bits per heavy atom. The van der Waals surface area contributed by atoms with Gasteiger partial charge in [0.05, 0.1) is 12.6 Å². The van der Waals surface area contributed by atoms with Crippen molar-refractivity contribution in [1.82, 2.24) is 10.6 Å². The maximum absolute atomic E-state index is 13.1. The molecule has 1 saturated heterocycles. The highest BCUT2D eigenvalue weighted by atomic mass is 19.1. The molecule has 124 valence electrons. The van der Waals surface area contributed by atoms with Crippen LogP contribution in [0.5, 0.6) is 0 Å². The van der Waals surface area contributed by atoms with Crippen LogP contribution in [0.2, 0.25) is 0 Å². The second-order valence-electron chi connectivity index (χ2n) is 6.38. The summed E-state index contributed by atoms with van der Waals surface area (Å²) < 4.78 is 13.1. The zero-order chi connectivity index (χ0) is 16.2. The number of hydrogen-bond acceptors (Lipinski definition) is 3. The zero-order valence-electron chi connectivity index (χ0n) is 13.0. The van der Waals surface area contributed by atoms with Crippen molar-refractivity contribution >= 4 is 17.5 Å². The normalized spacial score (nSPS) is 26.4. The fourth-order valence-electron chi connectivity index (χ4n) is 3.58. The number of carbonyl (C=O) groups excluding carboxylic acids is 2. The van der Waals surface area contributed by atoms with Gasteiger partial charge in [-0.15, -0.1) is 0 Å². The molecule has 1 aliphatic heterocycles. The van der Waals surface area contributed by atoms with E-state index in [2.05, 4.69) is 16.0 Å². The minimum Gasteiger partial charge on any atom is -0.346 e. The molecule has 1 aromatic rings. The van der Waals surface area contributed by atoms with Gasteiger partial charge in [0, 0.05) is 11.7 Å². The first-order chi connectivity index (χ1) is 11.1. The summed E-state index contributed by atoms with van der Waals surface area (Å²) >= 11 is 0. The molecule has 1 saturated carbocycles. The molecule has 0 radical (unpaired) electrons. The number of benzene rings is 1. The Bertz CT molecular complexity index is 579. The quantitative estimate of drug-likeness (QED) is 0.792. The lowest BCUT2D eigenvalue weighted by molar-refractivity contribution is -0.125. The van der Waals surface area contributed by atoms with Gasteiger partial charge >= 0.3 is 0 Å². The van der Waals surface area contributed by atoms with Crippen molar-refractivity contribution in [3.8, 4) is 0 Å². The van der Waals surface area contributed by atoms with Crippen molar-refractivity contribution in [2.75, 3.05) is 11.9 Å². The van der Waals surface area contributed by atoms with Crippen LogP contribution >= 0.6 is 0 Å². The first-order valence-electron chi connectivity index (χ1n) is 8.21. The van der Waals surface area contributed by atoms with Gasteiger partial charge in [-0.1, -0.05) is 18.9 Å². The largest absolute Gasteiger partial charge is 0.346 e. The van der Waals surface area contributed by atoms with E-state index in [0.717, 1.165) is 12.8 Å². The molecule has 2 amide bonds. The van der Waals surface area contributed by atoms with E-state index < -0.39 is 5.82 Å². The lowest BCUT2D eigenvalue weighted by Crippen LogP contribution is -2.45. The number of halogens is 1. The third-order valence-corrected chi connectivity index (χ3v) is 4.71. The molecule has 0 aromatic heterocycles. The summed E-state index contributed by atoms with van der Waals surface area (Å²) in [7, 11) is 0. The minimum atomic E-state index is -0.412. The molecule has 5 nitrogen and oxygen atoms in total. The van der Waals surface area contributed by atoms with Crippen molar-refractivity contribution in [2.24, 2.45) is 5.92 Å². The van der Waals surface area contributed by atoms with E-state index in [9.17, 15) is 14.0 Å². The van der Waals surface area contributed by atoms with Gasteiger partial charge < -0.3 is 16.0 Å². The highest BCUT2D eigenvalue weighted by Crippen LogP contribution is 2.33. The lowest BCUT2D eigenvalue weighted by atomic mass is 9.85. The van der Waals surface area contributed by atoms with Gasteiger partial charge in [-0.05, 0) is 43.4 Å². The van der Waals surface area contributed by atoms with Crippen LogP contribution in [0, 0.1) is 11.7 Å². The maximum atomic E-state index is 13.1. The fourth-order valence-corrected chi connectivity index (χ4v) is 3.58. The Kier molecular flexibility index (Phi) is 4.91. The van der Waals surface area contributed by atoms with E-state index in [1.165, 1.54) is 37.5 Å². The van der Waals surface area contributed by atoms with Crippen LogP contribution in [0.1, 0.15) is 32.1 Å². The second kappa shape index (κ2) is 7.08. The Labute approximate surface area is 135 Å². The summed E-state index contributed by atoms with van der Waals surface area (Å²) in [5.74, 6) is -0.321. The minimum absolute atomic E-state index is 0.108. The third-order valence-electron chi connectivity index (χ3n) is 4.71. The first kappa shape index (κ1) is 15.9. The zero-order valence-corrected chi connectivity index (χ0v) is 13.0. The molecule has 3 N–H and O–H groups in total. The molecule has 3 rings (SSSR count). The van der Waals surface area contributed by atoms with Crippen LogP contribution in [0.15, 0.2) is 24.3 Å². The monoisotopic (exact) mass is 319 g/mol. The number of rotatable bonds is 4. The lowest BCUT2D eigenvalue weighted by Gasteiger charge is -2.24. The number of anilines is 1. The molecule has 3 atom stereocenters. The first-order valence-corrected chi connectivity index (χ1v) is 8.21. The average molecular weight is 319 g/mol. The molecular weight excluding hydrogens is 297 g/mol. The van der Waals surface area contributed by atoms with Gasteiger partial charge in [-0.3, -0.25) is 9.59 Å². The van der Waals surface area contributed by atoms with Crippen LogP contribution in [-0.2, 0) is 9.59 Å². The average Bonchev–Trinajstić information content (AvgIpc) is 2.97. The fraction of sp³-hybridized carbons (Fsp3) is 0.529. The Balaban J connectivity index is 1.44. The van der Waals surface area contributed by atoms with E-state index in [1.807, 2.05) is 0 Å². The van der Waals surface area contributed by atoms with Crippen molar-refractivity contribution in [2.45, 2.75) is 44.2 Å². The van der Waals surface area contributed by atoms with Crippen LogP contribution in [0.4, 0.5) is 10.1 Å². The summed E-state index contributed by atoms with van der Waals surface area (Å²) in [5.41, 5.74) is 0.384. The van der Waals surface area contributed by atoms with Crippen LogP contribution in [0.25, 0.3) is 0 Å². The second-order valence-corrected chi connectivity index (χ2v) is 6.38. The van der Waals surface area contributed by atoms with E-state index in [0.29, 0.717) is 17.6 Å². The number of fused-ring (bicyclic) bond motifs is 1. The predicted molar refractivity (Wildman–Crippen MR) is 85.3 cm³/mol.